The highest BCUT2D eigenvalue weighted by Crippen LogP contribution is 2.56. The summed E-state index contributed by atoms with van der Waals surface area (Å²) in [5.41, 5.74) is 15.5. The lowest BCUT2D eigenvalue weighted by atomic mass is 9.79. The fourth-order valence-electron chi connectivity index (χ4n) is 9.82. The van der Waals surface area contributed by atoms with Crippen molar-refractivity contribution in [2.45, 2.75) is 19.3 Å². The van der Waals surface area contributed by atoms with Crippen LogP contribution < -0.4 is 0 Å². The lowest BCUT2D eigenvalue weighted by Crippen LogP contribution is -2.14. The summed E-state index contributed by atoms with van der Waals surface area (Å²) in [6.45, 7) is 4.76. The van der Waals surface area contributed by atoms with E-state index in [-0.39, 0.29) is 5.41 Å². The second kappa shape index (κ2) is 12.1. The molecule has 0 bridgehead atoms. The van der Waals surface area contributed by atoms with Gasteiger partial charge in [-0.15, -0.1) is 0 Å². The molecule has 0 aromatic heterocycles. The minimum absolute atomic E-state index is 0.0962. The molecule has 0 heteroatoms. The van der Waals surface area contributed by atoms with Gasteiger partial charge in [-0.25, -0.2) is 0 Å². The molecule has 55 heavy (non-hydrogen) atoms. The molecule has 0 N–H and O–H groups in total. The van der Waals surface area contributed by atoms with Gasteiger partial charge in [0, 0.05) is 5.41 Å². The number of fused-ring (bicyclic) bond motifs is 7. The van der Waals surface area contributed by atoms with Crippen molar-refractivity contribution in [3.63, 3.8) is 0 Å². The third-order valence-corrected chi connectivity index (χ3v) is 12.3. The zero-order chi connectivity index (χ0) is 36.7. The zero-order valence-corrected chi connectivity index (χ0v) is 31.0. The van der Waals surface area contributed by atoms with Crippen molar-refractivity contribution in [2.24, 2.45) is 0 Å². The molecule has 0 aliphatic heterocycles. The molecule has 11 rings (SSSR count). The first kappa shape index (κ1) is 31.7. The Morgan fingerprint density at radius 1 is 0.255 bits per heavy atom. The van der Waals surface area contributed by atoms with Gasteiger partial charge in [-0.3, -0.25) is 0 Å². The Bertz CT molecular complexity index is 3090. The van der Waals surface area contributed by atoms with Gasteiger partial charge in [0.2, 0.25) is 0 Å². The van der Waals surface area contributed by atoms with E-state index in [0.717, 1.165) is 0 Å². The van der Waals surface area contributed by atoms with E-state index in [4.69, 9.17) is 0 Å². The van der Waals surface area contributed by atoms with Gasteiger partial charge in [0.25, 0.3) is 0 Å². The monoisotopic (exact) mass is 698 g/mol. The summed E-state index contributed by atoms with van der Waals surface area (Å²) in [5.74, 6) is 0. The average molecular weight is 699 g/mol. The molecule has 0 nitrogen and oxygen atoms in total. The molecule has 0 saturated carbocycles. The molecule has 0 unspecified atom stereocenters. The van der Waals surface area contributed by atoms with E-state index in [1.54, 1.807) is 0 Å². The van der Waals surface area contributed by atoms with Crippen LogP contribution in [0, 0.1) is 0 Å². The van der Waals surface area contributed by atoms with Crippen molar-refractivity contribution in [1.82, 2.24) is 0 Å². The lowest BCUT2D eigenvalue weighted by Gasteiger charge is -2.24. The van der Waals surface area contributed by atoms with E-state index in [1.165, 1.54) is 110 Å². The maximum Gasteiger partial charge on any atom is 0.0159 e. The number of hydrogen-bond acceptors (Lipinski definition) is 0. The number of rotatable bonds is 4. The van der Waals surface area contributed by atoms with Crippen LogP contribution in [0.4, 0.5) is 0 Å². The van der Waals surface area contributed by atoms with Crippen molar-refractivity contribution in [3.05, 3.63) is 205 Å². The Hall–Kier alpha value is -6.76. The summed E-state index contributed by atoms with van der Waals surface area (Å²) in [6.07, 6.45) is 0. The molecule has 0 atom stereocenters. The Morgan fingerprint density at radius 2 is 0.691 bits per heavy atom. The van der Waals surface area contributed by atoms with Crippen molar-refractivity contribution >= 4 is 43.1 Å². The standard InChI is InChI=1S/C55H38/c1-55(2)48-30-16-15-28-45(48)52-46(29-17-31-49(52)55)51-40-24-11-14-27-43(40)54(44-33-32-37(34-47(44)51)35-18-5-3-6-19-35)53-41-25-12-9-22-38(41)50(36-20-7-4-8-21-36)39-23-10-13-26-42(39)53/h3-34H,1-2H3. The van der Waals surface area contributed by atoms with Crippen LogP contribution in [0.2, 0.25) is 0 Å². The Balaban J connectivity index is 1.34. The summed E-state index contributed by atoms with van der Waals surface area (Å²) < 4.78 is 0. The number of hydrogen-bond donors (Lipinski definition) is 0. The highest BCUT2D eigenvalue weighted by atomic mass is 14.4. The van der Waals surface area contributed by atoms with Crippen LogP contribution in [0.3, 0.4) is 0 Å². The Kier molecular flexibility index (Phi) is 7.00. The fourth-order valence-corrected chi connectivity index (χ4v) is 9.82. The average Bonchev–Trinajstić information content (AvgIpc) is 3.48. The first-order valence-corrected chi connectivity index (χ1v) is 19.4. The second-order valence-electron chi connectivity index (χ2n) is 15.5. The molecule has 0 fully saturated rings. The van der Waals surface area contributed by atoms with Crippen LogP contribution in [0.1, 0.15) is 25.0 Å². The maximum absolute atomic E-state index is 2.46. The summed E-state index contributed by atoms with van der Waals surface area (Å²) in [6, 6.07) is 72.2. The van der Waals surface area contributed by atoms with Gasteiger partial charge in [0.15, 0.2) is 0 Å². The quantitative estimate of drug-likeness (QED) is 0.161. The molecule has 0 saturated heterocycles. The maximum atomic E-state index is 2.46. The molecule has 0 amide bonds. The second-order valence-corrected chi connectivity index (χ2v) is 15.5. The Labute approximate surface area is 322 Å². The summed E-state index contributed by atoms with van der Waals surface area (Å²) >= 11 is 0. The normalized spacial score (nSPS) is 13.1. The molecule has 258 valence electrons. The van der Waals surface area contributed by atoms with E-state index in [0.29, 0.717) is 0 Å². The molecule has 10 aromatic rings. The largest absolute Gasteiger partial charge is 0.0622 e. The van der Waals surface area contributed by atoms with Gasteiger partial charge >= 0.3 is 0 Å². The van der Waals surface area contributed by atoms with Crippen molar-refractivity contribution in [3.8, 4) is 55.6 Å². The summed E-state index contributed by atoms with van der Waals surface area (Å²) in [4.78, 5) is 0. The van der Waals surface area contributed by atoms with Gasteiger partial charge in [-0.1, -0.05) is 202 Å². The van der Waals surface area contributed by atoms with Crippen molar-refractivity contribution in [1.29, 1.82) is 0 Å². The molecule has 0 radical (unpaired) electrons. The third-order valence-electron chi connectivity index (χ3n) is 12.3. The molecule has 1 aliphatic rings. The molecule has 0 spiro atoms. The van der Waals surface area contributed by atoms with E-state index < -0.39 is 0 Å². The minimum atomic E-state index is -0.0962. The van der Waals surface area contributed by atoms with Crippen LogP contribution in [0.15, 0.2) is 194 Å². The molecule has 0 heterocycles. The van der Waals surface area contributed by atoms with E-state index in [9.17, 15) is 0 Å². The Morgan fingerprint density at radius 3 is 1.29 bits per heavy atom. The van der Waals surface area contributed by atoms with E-state index >= 15 is 0 Å². The van der Waals surface area contributed by atoms with Gasteiger partial charge in [0.05, 0.1) is 0 Å². The predicted molar refractivity (Wildman–Crippen MR) is 236 cm³/mol. The molecular weight excluding hydrogens is 661 g/mol. The van der Waals surface area contributed by atoms with Crippen molar-refractivity contribution in [2.75, 3.05) is 0 Å². The summed E-state index contributed by atoms with van der Waals surface area (Å²) in [7, 11) is 0. The highest BCUT2D eigenvalue weighted by Gasteiger charge is 2.37. The van der Waals surface area contributed by atoms with Crippen LogP contribution >= 0.6 is 0 Å². The molecule has 10 aromatic carbocycles. The molecular formula is C55H38. The molecule has 1 aliphatic carbocycles. The topological polar surface area (TPSA) is 0 Å². The predicted octanol–water partition coefficient (Wildman–Crippen LogP) is 15.3. The first-order valence-electron chi connectivity index (χ1n) is 19.4. The number of benzene rings is 10. The van der Waals surface area contributed by atoms with Gasteiger partial charge in [-0.05, 0) is 116 Å². The SMILES string of the molecule is CC1(C)c2ccccc2-c2c(-c3c4ccccc4c(-c4c5ccccc5c(-c5ccccc5)c5ccccc45)c4ccc(-c5ccccc5)cc34)cccc21. The van der Waals surface area contributed by atoms with E-state index in [1.807, 2.05) is 0 Å². The summed E-state index contributed by atoms with van der Waals surface area (Å²) in [5, 5.41) is 10.1. The van der Waals surface area contributed by atoms with Crippen molar-refractivity contribution < 1.29 is 0 Å². The van der Waals surface area contributed by atoms with Crippen LogP contribution in [0.5, 0.6) is 0 Å². The fraction of sp³-hybridized carbons (Fsp3) is 0.0545. The van der Waals surface area contributed by atoms with Gasteiger partial charge in [0.1, 0.15) is 0 Å². The zero-order valence-electron chi connectivity index (χ0n) is 31.0. The minimum Gasteiger partial charge on any atom is -0.0622 e. The van der Waals surface area contributed by atoms with Gasteiger partial charge in [-0.2, -0.15) is 0 Å². The van der Waals surface area contributed by atoms with Crippen LogP contribution in [-0.2, 0) is 5.41 Å². The lowest BCUT2D eigenvalue weighted by molar-refractivity contribution is 0.660. The van der Waals surface area contributed by atoms with Crippen LogP contribution in [0.25, 0.3) is 98.7 Å². The first-order chi connectivity index (χ1) is 27.1. The van der Waals surface area contributed by atoms with E-state index in [2.05, 4.69) is 208 Å². The smallest absolute Gasteiger partial charge is 0.0159 e. The van der Waals surface area contributed by atoms with Crippen LogP contribution in [-0.4, -0.2) is 0 Å². The highest BCUT2D eigenvalue weighted by molar-refractivity contribution is 6.30. The third kappa shape index (κ3) is 4.65. The van der Waals surface area contributed by atoms with Gasteiger partial charge < -0.3 is 0 Å².